The maximum Gasteiger partial charge on any atom is 0.244 e. The standard InChI is InChI=1S/C14H22N2O3S/c1-16(2)20(18,19)13-8-4-3-7-12(13)15-14(11-17)9-5-6-10-14/h3-4,7-8,15,17H,5-6,9-11H2,1-2H3. The molecule has 2 N–H and O–H groups in total. The first-order chi connectivity index (χ1) is 9.41. The minimum Gasteiger partial charge on any atom is -0.394 e. The Bertz CT molecular complexity index is 564. The first-order valence-electron chi connectivity index (χ1n) is 6.82. The van der Waals surface area contributed by atoms with Gasteiger partial charge in [0.15, 0.2) is 0 Å². The Kier molecular flexibility index (Phi) is 4.36. The lowest BCUT2D eigenvalue weighted by atomic mass is 9.98. The minimum atomic E-state index is -3.49. The van der Waals surface area contributed by atoms with Crippen molar-refractivity contribution in [3.05, 3.63) is 24.3 Å². The average molecular weight is 298 g/mol. The highest BCUT2D eigenvalue weighted by Crippen LogP contribution is 2.35. The van der Waals surface area contributed by atoms with Gasteiger partial charge in [0.1, 0.15) is 4.90 Å². The predicted octanol–water partition coefficient (Wildman–Crippen LogP) is 1.65. The van der Waals surface area contributed by atoms with E-state index in [0.717, 1.165) is 25.7 Å². The number of hydrogen-bond donors (Lipinski definition) is 2. The summed E-state index contributed by atoms with van der Waals surface area (Å²) in [4.78, 5) is 0.254. The van der Waals surface area contributed by atoms with Gasteiger partial charge in [0.05, 0.1) is 17.8 Å². The smallest absolute Gasteiger partial charge is 0.244 e. The Morgan fingerprint density at radius 3 is 2.40 bits per heavy atom. The lowest BCUT2D eigenvalue weighted by Gasteiger charge is -2.30. The Labute approximate surface area is 120 Å². The topological polar surface area (TPSA) is 69.6 Å². The largest absolute Gasteiger partial charge is 0.394 e. The second kappa shape index (κ2) is 5.71. The Morgan fingerprint density at radius 2 is 1.85 bits per heavy atom. The van der Waals surface area contributed by atoms with Gasteiger partial charge in [-0.15, -0.1) is 0 Å². The van der Waals surface area contributed by atoms with Gasteiger partial charge in [-0.3, -0.25) is 0 Å². The summed E-state index contributed by atoms with van der Waals surface area (Å²) in [5.74, 6) is 0. The molecule has 0 amide bonds. The normalized spacial score (nSPS) is 18.4. The molecule has 0 spiro atoms. The van der Waals surface area contributed by atoms with Gasteiger partial charge in [-0.05, 0) is 25.0 Å². The van der Waals surface area contributed by atoms with E-state index in [0.29, 0.717) is 5.69 Å². The van der Waals surface area contributed by atoms with Crippen molar-refractivity contribution in [1.82, 2.24) is 4.31 Å². The zero-order chi connectivity index (χ0) is 14.8. The molecule has 1 aromatic rings. The number of rotatable bonds is 5. The fraction of sp³-hybridized carbons (Fsp3) is 0.571. The molecular formula is C14H22N2O3S. The molecule has 5 nitrogen and oxygen atoms in total. The SMILES string of the molecule is CN(C)S(=O)(=O)c1ccccc1NC1(CO)CCCC1. The first kappa shape index (κ1) is 15.3. The van der Waals surface area contributed by atoms with Crippen LogP contribution in [0.15, 0.2) is 29.2 Å². The zero-order valence-electron chi connectivity index (χ0n) is 12.0. The number of nitrogens with one attached hydrogen (secondary N) is 1. The van der Waals surface area contributed by atoms with Crippen LogP contribution in [0.2, 0.25) is 0 Å². The summed E-state index contributed by atoms with van der Waals surface area (Å²) in [6, 6.07) is 6.86. The van der Waals surface area contributed by atoms with E-state index in [-0.39, 0.29) is 11.5 Å². The molecule has 20 heavy (non-hydrogen) atoms. The summed E-state index contributed by atoms with van der Waals surface area (Å²) in [5, 5.41) is 12.9. The predicted molar refractivity (Wildman–Crippen MR) is 79.2 cm³/mol. The van der Waals surface area contributed by atoms with E-state index in [9.17, 15) is 13.5 Å². The number of sulfonamides is 1. The van der Waals surface area contributed by atoms with Crippen molar-refractivity contribution in [2.75, 3.05) is 26.0 Å². The van der Waals surface area contributed by atoms with Crippen LogP contribution in [0.25, 0.3) is 0 Å². The van der Waals surface area contributed by atoms with E-state index >= 15 is 0 Å². The summed E-state index contributed by atoms with van der Waals surface area (Å²) in [7, 11) is -0.460. The fourth-order valence-electron chi connectivity index (χ4n) is 2.65. The molecule has 0 unspecified atom stereocenters. The Morgan fingerprint density at radius 1 is 1.25 bits per heavy atom. The monoisotopic (exact) mass is 298 g/mol. The summed E-state index contributed by atoms with van der Waals surface area (Å²) < 4.78 is 25.9. The van der Waals surface area contributed by atoms with Crippen molar-refractivity contribution in [3.8, 4) is 0 Å². The van der Waals surface area contributed by atoms with Crippen molar-refractivity contribution in [1.29, 1.82) is 0 Å². The molecule has 0 bridgehead atoms. The number of benzene rings is 1. The molecular weight excluding hydrogens is 276 g/mol. The Hall–Kier alpha value is -1.11. The highest BCUT2D eigenvalue weighted by atomic mass is 32.2. The third-order valence-corrected chi connectivity index (χ3v) is 5.78. The van der Waals surface area contributed by atoms with Crippen LogP contribution in [-0.2, 0) is 10.0 Å². The summed E-state index contributed by atoms with van der Waals surface area (Å²) in [5.41, 5.74) is 0.176. The van der Waals surface area contributed by atoms with Crippen molar-refractivity contribution in [2.45, 2.75) is 36.1 Å². The van der Waals surface area contributed by atoms with Gasteiger partial charge in [0.25, 0.3) is 0 Å². The zero-order valence-corrected chi connectivity index (χ0v) is 12.8. The molecule has 1 aliphatic rings. The molecule has 1 fully saturated rings. The lowest BCUT2D eigenvalue weighted by Crippen LogP contribution is -2.39. The Balaban J connectivity index is 2.38. The fourth-order valence-corrected chi connectivity index (χ4v) is 3.69. The van der Waals surface area contributed by atoms with Crippen LogP contribution in [0, 0.1) is 0 Å². The maximum atomic E-state index is 12.3. The van der Waals surface area contributed by atoms with Crippen LogP contribution in [0.5, 0.6) is 0 Å². The van der Waals surface area contributed by atoms with Gasteiger partial charge in [0.2, 0.25) is 10.0 Å². The van der Waals surface area contributed by atoms with Gasteiger partial charge in [0, 0.05) is 14.1 Å². The van der Waals surface area contributed by atoms with Crippen LogP contribution in [0.4, 0.5) is 5.69 Å². The highest BCUT2D eigenvalue weighted by molar-refractivity contribution is 7.89. The van der Waals surface area contributed by atoms with Gasteiger partial charge in [-0.25, -0.2) is 12.7 Å². The van der Waals surface area contributed by atoms with Crippen LogP contribution < -0.4 is 5.32 Å². The number of aliphatic hydroxyl groups is 1. The molecule has 0 heterocycles. The first-order valence-corrected chi connectivity index (χ1v) is 8.26. The second-order valence-electron chi connectivity index (χ2n) is 5.55. The van der Waals surface area contributed by atoms with Gasteiger partial charge < -0.3 is 10.4 Å². The van der Waals surface area contributed by atoms with Gasteiger partial charge in [-0.1, -0.05) is 25.0 Å². The molecule has 6 heteroatoms. The molecule has 0 atom stereocenters. The van der Waals surface area contributed by atoms with E-state index in [1.54, 1.807) is 24.3 Å². The van der Waals surface area contributed by atoms with Crippen molar-refractivity contribution >= 4 is 15.7 Å². The summed E-state index contributed by atoms with van der Waals surface area (Å²) in [6.07, 6.45) is 3.83. The lowest BCUT2D eigenvalue weighted by molar-refractivity contribution is 0.214. The molecule has 1 saturated carbocycles. The van der Waals surface area contributed by atoms with E-state index in [1.807, 2.05) is 0 Å². The number of hydrogen-bond acceptors (Lipinski definition) is 4. The van der Waals surface area contributed by atoms with Crippen LogP contribution in [-0.4, -0.2) is 44.1 Å². The summed E-state index contributed by atoms with van der Waals surface area (Å²) in [6.45, 7) is 0.0172. The molecule has 112 valence electrons. The summed E-state index contributed by atoms with van der Waals surface area (Å²) >= 11 is 0. The van der Waals surface area contributed by atoms with Crippen LogP contribution in [0.3, 0.4) is 0 Å². The van der Waals surface area contributed by atoms with E-state index in [1.165, 1.54) is 18.4 Å². The second-order valence-corrected chi connectivity index (χ2v) is 7.67. The third kappa shape index (κ3) is 2.82. The highest BCUT2D eigenvalue weighted by Gasteiger charge is 2.34. The number of aliphatic hydroxyl groups excluding tert-OH is 1. The number of para-hydroxylation sites is 1. The maximum absolute atomic E-state index is 12.3. The molecule has 0 radical (unpaired) electrons. The minimum absolute atomic E-state index is 0.0172. The van der Waals surface area contributed by atoms with Crippen molar-refractivity contribution in [3.63, 3.8) is 0 Å². The van der Waals surface area contributed by atoms with Gasteiger partial charge >= 0.3 is 0 Å². The third-order valence-electron chi connectivity index (χ3n) is 3.91. The molecule has 0 saturated heterocycles. The van der Waals surface area contributed by atoms with Crippen molar-refractivity contribution in [2.24, 2.45) is 0 Å². The van der Waals surface area contributed by atoms with E-state index < -0.39 is 15.6 Å². The molecule has 0 aromatic heterocycles. The quantitative estimate of drug-likeness (QED) is 0.867. The van der Waals surface area contributed by atoms with Crippen LogP contribution in [0.1, 0.15) is 25.7 Å². The number of nitrogens with zero attached hydrogens (tertiary/aromatic N) is 1. The number of anilines is 1. The van der Waals surface area contributed by atoms with Crippen LogP contribution >= 0.6 is 0 Å². The molecule has 2 rings (SSSR count). The van der Waals surface area contributed by atoms with E-state index in [4.69, 9.17) is 0 Å². The van der Waals surface area contributed by atoms with Gasteiger partial charge in [-0.2, -0.15) is 0 Å². The van der Waals surface area contributed by atoms with E-state index in [2.05, 4.69) is 5.32 Å². The molecule has 1 aromatic carbocycles. The van der Waals surface area contributed by atoms with Crippen molar-refractivity contribution < 1.29 is 13.5 Å². The average Bonchev–Trinajstić information content (AvgIpc) is 2.88. The molecule has 1 aliphatic carbocycles. The molecule has 0 aliphatic heterocycles.